The summed E-state index contributed by atoms with van der Waals surface area (Å²) in [5, 5.41) is 4.38. The molecule has 1 N–H and O–H groups in total. The van der Waals surface area contributed by atoms with E-state index in [1.54, 1.807) is 0 Å². The molecular weight excluding hydrogens is 458 g/mol. The molecule has 6 nitrogen and oxygen atoms in total. The summed E-state index contributed by atoms with van der Waals surface area (Å²) in [4.78, 5) is 22.0. The molecule has 2 fully saturated rings. The number of likely N-dealkylation sites (N-methyl/N-ethyl adjacent to an activating group) is 1. The molecule has 2 saturated heterocycles. The molecule has 2 aromatic rings. The monoisotopic (exact) mass is 497 g/mol. The van der Waals surface area contributed by atoms with E-state index in [9.17, 15) is 4.79 Å². The maximum atomic E-state index is 12.8. The molecule has 0 aromatic heterocycles. The van der Waals surface area contributed by atoms with Gasteiger partial charge in [-0.2, -0.15) is 0 Å². The van der Waals surface area contributed by atoms with E-state index >= 15 is 0 Å². The molecule has 1 amide bonds. The predicted octanol–water partition coefficient (Wildman–Crippen LogP) is 4.64. The molecule has 2 aliphatic heterocycles. The van der Waals surface area contributed by atoms with Crippen molar-refractivity contribution < 1.29 is 4.79 Å². The van der Waals surface area contributed by atoms with Crippen LogP contribution in [0.2, 0.25) is 5.02 Å². The summed E-state index contributed by atoms with van der Waals surface area (Å²) in [6.07, 6.45) is 2.47. The SMILES string of the molecule is Cc1cccc(N2CCN(C(=O)CCCCNc3cccc(Cl)c3N3CCN(C)CC3)CC2)c1C. The van der Waals surface area contributed by atoms with Gasteiger partial charge >= 0.3 is 0 Å². The van der Waals surface area contributed by atoms with Crippen LogP contribution in [-0.2, 0) is 4.79 Å². The summed E-state index contributed by atoms with van der Waals surface area (Å²) in [6.45, 7) is 12.7. The second-order valence-electron chi connectivity index (χ2n) is 9.90. The lowest BCUT2D eigenvalue weighted by atomic mass is 10.1. The number of carbonyl (C=O) groups excluding carboxylic acids is 1. The summed E-state index contributed by atoms with van der Waals surface area (Å²) < 4.78 is 0. The van der Waals surface area contributed by atoms with Gasteiger partial charge in [0.05, 0.1) is 16.4 Å². The summed E-state index contributed by atoms with van der Waals surface area (Å²) >= 11 is 6.58. The Morgan fingerprint density at radius 2 is 1.57 bits per heavy atom. The fourth-order valence-electron chi connectivity index (χ4n) is 5.07. The van der Waals surface area contributed by atoms with Crippen molar-refractivity contribution in [2.45, 2.75) is 33.1 Å². The van der Waals surface area contributed by atoms with Crippen LogP contribution in [0.15, 0.2) is 36.4 Å². The summed E-state index contributed by atoms with van der Waals surface area (Å²) in [5.41, 5.74) is 6.18. The predicted molar refractivity (Wildman–Crippen MR) is 148 cm³/mol. The van der Waals surface area contributed by atoms with Gasteiger partial charge in [-0.1, -0.05) is 29.8 Å². The molecule has 0 bridgehead atoms. The van der Waals surface area contributed by atoms with Crippen LogP contribution in [0.1, 0.15) is 30.4 Å². The zero-order valence-electron chi connectivity index (χ0n) is 21.5. The molecule has 2 heterocycles. The standard InChI is InChI=1S/C28H40ClN5O/c1-22-8-6-11-26(23(22)2)32-18-20-33(21-19-32)27(35)12-4-5-13-30-25-10-7-9-24(29)28(25)34-16-14-31(3)15-17-34/h6-11,30H,4-5,12-21H2,1-3H3. The normalized spacial score (nSPS) is 17.1. The Morgan fingerprint density at radius 3 is 2.31 bits per heavy atom. The van der Waals surface area contributed by atoms with Crippen LogP contribution in [0.5, 0.6) is 0 Å². The number of unbranched alkanes of at least 4 members (excludes halogenated alkanes) is 1. The Bertz CT molecular complexity index is 997. The number of carbonyl (C=O) groups is 1. The van der Waals surface area contributed by atoms with E-state index < -0.39 is 0 Å². The van der Waals surface area contributed by atoms with Gasteiger partial charge in [-0.15, -0.1) is 0 Å². The van der Waals surface area contributed by atoms with Gasteiger partial charge in [0.2, 0.25) is 5.91 Å². The van der Waals surface area contributed by atoms with Crippen LogP contribution in [0.3, 0.4) is 0 Å². The molecular formula is C28H40ClN5O. The number of nitrogens with one attached hydrogen (secondary N) is 1. The minimum Gasteiger partial charge on any atom is -0.383 e. The molecule has 0 saturated carbocycles. The van der Waals surface area contributed by atoms with Crippen molar-refractivity contribution in [1.29, 1.82) is 0 Å². The third kappa shape index (κ3) is 6.42. The van der Waals surface area contributed by atoms with Crippen LogP contribution < -0.4 is 15.1 Å². The smallest absolute Gasteiger partial charge is 0.222 e. The minimum absolute atomic E-state index is 0.284. The van der Waals surface area contributed by atoms with E-state index in [0.717, 1.165) is 88.1 Å². The van der Waals surface area contributed by atoms with Crippen LogP contribution in [0, 0.1) is 13.8 Å². The quantitative estimate of drug-likeness (QED) is 0.538. The molecule has 0 spiro atoms. The molecule has 190 valence electrons. The van der Waals surface area contributed by atoms with E-state index in [1.807, 2.05) is 17.0 Å². The molecule has 2 aliphatic rings. The number of para-hydroxylation sites is 1. The Hall–Kier alpha value is -2.44. The maximum Gasteiger partial charge on any atom is 0.222 e. The third-order valence-corrected chi connectivity index (χ3v) is 7.79. The number of amides is 1. The van der Waals surface area contributed by atoms with Crippen LogP contribution in [-0.4, -0.2) is 81.7 Å². The van der Waals surface area contributed by atoms with Gasteiger partial charge in [-0.3, -0.25) is 4.79 Å². The van der Waals surface area contributed by atoms with Gasteiger partial charge in [0, 0.05) is 71.0 Å². The fourth-order valence-corrected chi connectivity index (χ4v) is 5.36. The van der Waals surface area contributed by atoms with E-state index in [1.165, 1.54) is 16.8 Å². The number of nitrogens with zero attached hydrogens (tertiary/aromatic N) is 4. The van der Waals surface area contributed by atoms with Crippen molar-refractivity contribution in [3.63, 3.8) is 0 Å². The molecule has 0 aliphatic carbocycles. The molecule has 35 heavy (non-hydrogen) atoms. The molecule has 4 rings (SSSR count). The summed E-state index contributed by atoms with van der Waals surface area (Å²) in [7, 11) is 2.16. The number of hydrogen-bond donors (Lipinski definition) is 1. The number of anilines is 3. The highest BCUT2D eigenvalue weighted by Gasteiger charge is 2.22. The Kier molecular flexibility index (Phi) is 8.79. The van der Waals surface area contributed by atoms with Crippen molar-refractivity contribution in [2.24, 2.45) is 0 Å². The van der Waals surface area contributed by atoms with Gasteiger partial charge in [-0.25, -0.2) is 0 Å². The van der Waals surface area contributed by atoms with Crippen molar-refractivity contribution in [1.82, 2.24) is 9.80 Å². The van der Waals surface area contributed by atoms with E-state index in [-0.39, 0.29) is 5.91 Å². The first-order valence-corrected chi connectivity index (χ1v) is 13.4. The highest BCUT2D eigenvalue weighted by atomic mass is 35.5. The first-order valence-electron chi connectivity index (χ1n) is 13.0. The highest BCUT2D eigenvalue weighted by Crippen LogP contribution is 2.34. The summed E-state index contributed by atoms with van der Waals surface area (Å²) in [5.74, 6) is 0.284. The Morgan fingerprint density at radius 1 is 0.886 bits per heavy atom. The zero-order valence-corrected chi connectivity index (χ0v) is 22.3. The van der Waals surface area contributed by atoms with Gasteiger partial charge in [0.1, 0.15) is 0 Å². The molecule has 0 radical (unpaired) electrons. The average molecular weight is 498 g/mol. The highest BCUT2D eigenvalue weighted by molar-refractivity contribution is 6.34. The Balaban J connectivity index is 1.19. The number of aryl methyl sites for hydroxylation is 1. The largest absolute Gasteiger partial charge is 0.383 e. The average Bonchev–Trinajstić information content (AvgIpc) is 2.86. The van der Waals surface area contributed by atoms with Gasteiger partial charge in [-0.05, 0) is 63.1 Å². The van der Waals surface area contributed by atoms with Crippen molar-refractivity contribution in [2.75, 3.05) is 81.1 Å². The lowest BCUT2D eigenvalue weighted by Gasteiger charge is -2.37. The number of benzene rings is 2. The first-order chi connectivity index (χ1) is 16.9. The minimum atomic E-state index is 0.284. The first kappa shape index (κ1) is 25.6. The van der Waals surface area contributed by atoms with Gasteiger partial charge in [0.25, 0.3) is 0 Å². The maximum absolute atomic E-state index is 12.8. The molecule has 0 atom stereocenters. The second-order valence-corrected chi connectivity index (χ2v) is 10.3. The summed E-state index contributed by atoms with van der Waals surface area (Å²) in [6, 6.07) is 12.6. The third-order valence-electron chi connectivity index (χ3n) is 7.49. The number of rotatable bonds is 8. The zero-order chi connectivity index (χ0) is 24.8. The van der Waals surface area contributed by atoms with Gasteiger partial charge in [0.15, 0.2) is 0 Å². The number of piperazine rings is 2. The Labute approximate surface area is 215 Å². The van der Waals surface area contributed by atoms with Crippen molar-refractivity contribution in [3.8, 4) is 0 Å². The topological polar surface area (TPSA) is 42.1 Å². The second kappa shape index (κ2) is 12.0. The molecule has 2 aromatic carbocycles. The van der Waals surface area contributed by atoms with Crippen molar-refractivity contribution >= 4 is 34.6 Å². The van der Waals surface area contributed by atoms with E-state index in [2.05, 4.69) is 65.2 Å². The number of halogens is 1. The lowest BCUT2D eigenvalue weighted by Crippen LogP contribution is -2.49. The van der Waals surface area contributed by atoms with E-state index in [4.69, 9.17) is 11.6 Å². The van der Waals surface area contributed by atoms with Crippen LogP contribution in [0.25, 0.3) is 0 Å². The van der Waals surface area contributed by atoms with Crippen molar-refractivity contribution in [3.05, 3.63) is 52.5 Å². The van der Waals surface area contributed by atoms with E-state index in [0.29, 0.717) is 6.42 Å². The van der Waals surface area contributed by atoms with Crippen LogP contribution >= 0.6 is 11.6 Å². The lowest BCUT2D eigenvalue weighted by molar-refractivity contribution is -0.131. The fraction of sp³-hybridized carbons (Fsp3) is 0.536. The number of hydrogen-bond acceptors (Lipinski definition) is 5. The van der Waals surface area contributed by atoms with Gasteiger partial charge < -0.3 is 24.9 Å². The molecule has 0 unspecified atom stereocenters. The van der Waals surface area contributed by atoms with Crippen LogP contribution in [0.4, 0.5) is 17.1 Å². The molecule has 7 heteroatoms.